The van der Waals surface area contributed by atoms with Crippen molar-refractivity contribution >= 4 is 62.5 Å². The van der Waals surface area contributed by atoms with E-state index in [-0.39, 0.29) is 23.4 Å². The Morgan fingerprint density at radius 3 is 2.05 bits per heavy atom. The third-order valence-electron chi connectivity index (χ3n) is 7.03. The third kappa shape index (κ3) is 8.22. The standard InChI is InChI=1S/C31H37Cl2N3O4S2/c1-6-22(4)34-31(38)29(7-2)35(19-26-27(32)9-8-10-28(26)33)30(37)20-36(23-13-11-21(3)12-14-23)42(39,40)25-17-15-24(41-5)16-18-25/h8-18,22,29H,6-7,19-20H2,1-5H3,(H,34,38)/t22-,29-/m1/s1. The molecule has 7 nitrogen and oxygen atoms in total. The van der Waals surface area contributed by atoms with Crippen molar-refractivity contribution in [3.63, 3.8) is 0 Å². The molecule has 0 saturated heterocycles. The molecular formula is C31H37Cl2N3O4S2. The van der Waals surface area contributed by atoms with Gasteiger partial charge in [0.15, 0.2) is 0 Å². The van der Waals surface area contributed by atoms with E-state index in [0.29, 0.717) is 34.1 Å². The first-order valence-corrected chi connectivity index (χ1v) is 17.1. The van der Waals surface area contributed by atoms with Crippen LogP contribution in [0.5, 0.6) is 0 Å². The van der Waals surface area contributed by atoms with Crippen molar-refractivity contribution < 1.29 is 18.0 Å². The molecule has 3 rings (SSSR count). The molecule has 11 heteroatoms. The molecule has 0 aliphatic carbocycles. The molecule has 0 aromatic heterocycles. The third-order valence-corrected chi connectivity index (χ3v) is 10.3. The van der Waals surface area contributed by atoms with E-state index in [2.05, 4.69) is 5.32 Å². The van der Waals surface area contributed by atoms with Gasteiger partial charge in [-0.1, -0.05) is 60.8 Å². The van der Waals surface area contributed by atoms with Gasteiger partial charge in [-0.3, -0.25) is 13.9 Å². The summed E-state index contributed by atoms with van der Waals surface area (Å²) in [5, 5.41) is 3.64. The topological polar surface area (TPSA) is 86.8 Å². The van der Waals surface area contributed by atoms with Crippen molar-refractivity contribution in [1.82, 2.24) is 10.2 Å². The monoisotopic (exact) mass is 649 g/mol. The minimum absolute atomic E-state index is 0.0518. The SMILES string of the molecule is CC[C@@H](C)NC(=O)[C@@H](CC)N(Cc1c(Cl)cccc1Cl)C(=O)CN(c1ccc(C)cc1)S(=O)(=O)c1ccc(SC)cc1. The molecule has 2 atom stereocenters. The van der Waals surface area contributed by atoms with E-state index in [1.807, 2.05) is 27.0 Å². The van der Waals surface area contributed by atoms with Crippen LogP contribution in [-0.2, 0) is 26.2 Å². The Balaban J connectivity index is 2.09. The number of nitrogens with zero attached hydrogens (tertiary/aromatic N) is 2. The second-order valence-corrected chi connectivity index (χ2v) is 13.5. The van der Waals surface area contributed by atoms with Crippen LogP contribution in [0.4, 0.5) is 5.69 Å². The first kappa shape index (κ1) is 33.8. The maximum atomic E-state index is 14.2. The quantitative estimate of drug-likeness (QED) is 0.203. The number of thioether (sulfide) groups is 1. The van der Waals surface area contributed by atoms with E-state index in [4.69, 9.17) is 23.2 Å². The van der Waals surface area contributed by atoms with Crippen LogP contribution < -0.4 is 9.62 Å². The second kappa shape index (κ2) is 15.1. The molecule has 0 spiro atoms. The number of hydrogen-bond donors (Lipinski definition) is 1. The summed E-state index contributed by atoms with van der Waals surface area (Å²) in [6.45, 7) is 6.92. The fraction of sp³-hybridized carbons (Fsp3) is 0.355. The zero-order valence-electron chi connectivity index (χ0n) is 24.4. The zero-order valence-corrected chi connectivity index (χ0v) is 27.6. The van der Waals surface area contributed by atoms with Crippen LogP contribution in [0.3, 0.4) is 0 Å². The summed E-state index contributed by atoms with van der Waals surface area (Å²) < 4.78 is 29.1. The molecular weight excluding hydrogens is 613 g/mol. The molecule has 0 unspecified atom stereocenters. The maximum Gasteiger partial charge on any atom is 0.264 e. The van der Waals surface area contributed by atoms with Gasteiger partial charge in [-0.25, -0.2) is 8.42 Å². The number of aryl methyl sites for hydroxylation is 1. The van der Waals surface area contributed by atoms with Crippen molar-refractivity contribution in [2.75, 3.05) is 17.1 Å². The Labute approximate surface area is 263 Å². The lowest BCUT2D eigenvalue weighted by Gasteiger charge is -2.34. The smallest absolute Gasteiger partial charge is 0.264 e. The summed E-state index contributed by atoms with van der Waals surface area (Å²) in [5.74, 6) is -0.900. The molecule has 3 aromatic carbocycles. The van der Waals surface area contributed by atoms with Crippen LogP contribution in [0.25, 0.3) is 0 Å². The van der Waals surface area contributed by atoms with Crippen LogP contribution in [0.15, 0.2) is 76.5 Å². The molecule has 226 valence electrons. The van der Waals surface area contributed by atoms with Gasteiger partial charge in [-0.05, 0) is 81.5 Å². The number of amides is 2. The Bertz CT molecular complexity index is 1460. The van der Waals surface area contributed by atoms with E-state index in [9.17, 15) is 18.0 Å². The molecule has 0 radical (unpaired) electrons. The number of hydrogen-bond acceptors (Lipinski definition) is 5. The van der Waals surface area contributed by atoms with Gasteiger partial charge < -0.3 is 10.2 Å². The lowest BCUT2D eigenvalue weighted by atomic mass is 10.1. The van der Waals surface area contributed by atoms with E-state index in [1.165, 1.54) is 28.8 Å². The fourth-order valence-corrected chi connectivity index (χ4v) is 6.67. The Morgan fingerprint density at radius 1 is 0.929 bits per heavy atom. The number of rotatable bonds is 13. The van der Waals surface area contributed by atoms with E-state index >= 15 is 0 Å². The molecule has 2 amide bonds. The Kier molecular flexibility index (Phi) is 12.2. The highest BCUT2D eigenvalue weighted by Crippen LogP contribution is 2.29. The summed E-state index contributed by atoms with van der Waals surface area (Å²) in [4.78, 5) is 30.0. The first-order valence-electron chi connectivity index (χ1n) is 13.7. The van der Waals surface area contributed by atoms with E-state index in [0.717, 1.165) is 14.8 Å². The van der Waals surface area contributed by atoms with Crippen LogP contribution in [-0.4, -0.2) is 50.0 Å². The average molecular weight is 651 g/mol. The van der Waals surface area contributed by atoms with Gasteiger partial charge in [0.2, 0.25) is 11.8 Å². The van der Waals surface area contributed by atoms with Gasteiger partial charge in [0.25, 0.3) is 10.0 Å². The molecule has 42 heavy (non-hydrogen) atoms. The summed E-state index contributed by atoms with van der Waals surface area (Å²) in [6.07, 6.45) is 2.91. The van der Waals surface area contributed by atoms with Crippen molar-refractivity contribution in [1.29, 1.82) is 0 Å². The average Bonchev–Trinajstić information content (AvgIpc) is 2.97. The summed E-state index contributed by atoms with van der Waals surface area (Å²) >= 11 is 14.4. The summed E-state index contributed by atoms with van der Waals surface area (Å²) in [7, 11) is -4.16. The Morgan fingerprint density at radius 2 is 1.52 bits per heavy atom. The van der Waals surface area contributed by atoms with Crippen LogP contribution in [0.1, 0.15) is 44.7 Å². The van der Waals surface area contributed by atoms with Gasteiger partial charge in [0, 0.05) is 33.1 Å². The zero-order chi connectivity index (χ0) is 31.0. The maximum absolute atomic E-state index is 14.2. The predicted octanol–water partition coefficient (Wildman–Crippen LogP) is 6.94. The van der Waals surface area contributed by atoms with Gasteiger partial charge in [0.05, 0.1) is 10.6 Å². The van der Waals surface area contributed by atoms with Gasteiger partial charge in [-0.15, -0.1) is 11.8 Å². The fourth-order valence-electron chi connectivity index (χ4n) is 4.33. The molecule has 0 fully saturated rings. The number of sulfonamides is 1. The van der Waals surface area contributed by atoms with Gasteiger partial charge in [-0.2, -0.15) is 0 Å². The number of benzene rings is 3. The van der Waals surface area contributed by atoms with Crippen molar-refractivity contribution in [2.24, 2.45) is 0 Å². The second-order valence-electron chi connectivity index (χ2n) is 9.99. The van der Waals surface area contributed by atoms with Crippen LogP contribution in [0, 0.1) is 6.92 Å². The highest BCUT2D eigenvalue weighted by Gasteiger charge is 2.34. The molecule has 3 aromatic rings. The lowest BCUT2D eigenvalue weighted by molar-refractivity contribution is -0.140. The molecule has 0 saturated carbocycles. The number of carbonyl (C=O) groups is 2. The number of nitrogens with one attached hydrogen (secondary N) is 1. The normalized spacial score (nSPS) is 12.8. The van der Waals surface area contributed by atoms with Gasteiger partial charge >= 0.3 is 0 Å². The number of carbonyl (C=O) groups excluding carboxylic acids is 2. The molecule has 1 N–H and O–H groups in total. The largest absolute Gasteiger partial charge is 0.352 e. The van der Waals surface area contributed by atoms with Crippen LogP contribution >= 0.6 is 35.0 Å². The number of anilines is 1. The number of halogens is 2. The summed E-state index contributed by atoms with van der Waals surface area (Å²) in [5.41, 5.74) is 1.74. The first-order chi connectivity index (χ1) is 19.9. The predicted molar refractivity (Wildman–Crippen MR) is 173 cm³/mol. The molecule has 0 aliphatic heterocycles. The highest BCUT2D eigenvalue weighted by atomic mass is 35.5. The minimum atomic E-state index is -4.16. The van der Waals surface area contributed by atoms with E-state index in [1.54, 1.807) is 61.5 Å². The highest BCUT2D eigenvalue weighted by molar-refractivity contribution is 7.98. The molecule has 0 aliphatic rings. The molecule has 0 bridgehead atoms. The Hall–Kier alpha value is -2.72. The minimum Gasteiger partial charge on any atom is -0.352 e. The van der Waals surface area contributed by atoms with Crippen molar-refractivity contribution in [3.05, 3.63) is 87.9 Å². The van der Waals surface area contributed by atoms with Crippen molar-refractivity contribution in [2.45, 2.75) is 69.0 Å². The van der Waals surface area contributed by atoms with Gasteiger partial charge in [0.1, 0.15) is 12.6 Å². The van der Waals surface area contributed by atoms with Crippen molar-refractivity contribution in [3.8, 4) is 0 Å². The van der Waals surface area contributed by atoms with Crippen LogP contribution in [0.2, 0.25) is 10.0 Å². The molecule has 0 heterocycles. The summed E-state index contributed by atoms with van der Waals surface area (Å²) in [6, 6.07) is 17.4. The van der Waals surface area contributed by atoms with E-state index < -0.39 is 28.5 Å². The lowest BCUT2D eigenvalue weighted by Crippen LogP contribution is -2.53.